The molecule has 0 radical (unpaired) electrons. The zero-order valence-electron chi connectivity index (χ0n) is 23.9. The van der Waals surface area contributed by atoms with Gasteiger partial charge in [-0.3, -0.25) is 0 Å². The molecule has 5 aromatic carbocycles. The van der Waals surface area contributed by atoms with Crippen LogP contribution >= 0.6 is 0 Å². The third kappa shape index (κ3) is 4.57. The lowest BCUT2D eigenvalue weighted by Gasteiger charge is -2.06. The summed E-state index contributed by atoms with van der Waals surface area (Å²) >= 11 is 0. The molecule has 2 heteroatoms. The predicted octanol–water partition coefficient (Wildman–Crippen LogP) is 10.3. The Hall–Kier alpha value is -5.34. The number of hydrogen-bond donors (Lipinski definition) is 0. The molecule has 0 spiro atoms. The Labute approximate surface area is 247 Å². The summed E-state index contributed by atoms with van der Waals surface area (Å²) in [7, 11) is 4.31. The number of fused-ring (bicyclic) bond motifs is 2. The second-order valence-corrected chi connectivity index (χ2v) is 10.7. The quantitative estimate of drug-likeness (QED) is 0.199. The fraction of sp³-hybridized carbons (Fsp3) is 0.0500. The van der Waals surface area contributed by atoms with Crippen molar-refractivity contribution in [3.63, 3.8) is 0 Å². The molecule has 0 saturated heterocycles. The first-order valence-electron chi connectivity index (χ1n) is 14.4. The Morgan fingerprint density at radius 1 is 0.381 bits per heavy atom. The highest BCUT2D eigenvalue weighted by atomic mass is 15.0. The average molecular weight is 541 g/mol. The molecular formula is C40H32N2. The minimum Gasteiger partial charge on any atom is -0.343 e. The highest BCUT2D eigenvalue weighted by Crippen LogP contribution is 2.36. The van der Waals surface area contributed by atoms with Crippen LogP contribution in [0, 0.1) is 0 Å². The molecule has 42 heavy (non-hydrogen) atoms. The summed E-state index contributed by atoms with van der Waals surface area (Å²) in [5.41, 5.74) is 12.2. The van der Waals surface area contributed by atoms with Gasteiger partial charge in [0.15, 0.2) is 0 Å². The van der Waals surface area contributed by atoms with Crippen LogP contribution in [0.25, 0.3) is 68.6 Å². The van der Waals surface area contributed by atoms with Gasteiger partial charge in [0.05, 0.1) is 11.4 Å². The predicted molar refractivity (Wildman–Crippen MR) is 181 cm³/mol. The van der Waals surface area contributed by atoms with E-state index in [1.807, 2.05) is 0 Å². The molecule has 0 aliphatic heterocycles. The van der Waals surface area contributed by atoms with Crippen molar-refractivity contribution in [3.05, 3.63) is 156 Å². The molecule has 0 amide bonds. The Balaban J connectivity index is 1.22. The first kappa shape index (κ1) is 25.6. The van der Waals surface area contributed by atoms with Gasteiger partial charge in [-0.1, -0.05) is 146 Å². The molecule has 0 bridgehead atoms. The summed E-state index contributed by atoms with van der Waals surface area (Å²) in [5, 5.41) is 2.53. The molecule has 2 heterocycles. The van der Waals surface area contributed by atoms with Gasteiger partial charge in [0.25, 0.3) is 0 Å². The fourth-order valence-electron chi connectivity index (χ4n) is 6.15. The zero-order chi connectivity index (χ0) is 28.5. The summed E-state index contributed by atoms with van der Waals surface area (Å²) in [6.07, 6.45) is 8.97. The summed E-state index contributed by atoms with van der Waals surface area (Å²) in [4.78, 5) is 0. The first-order valence-corrected chi connectivity index (χ1v) is 14.4. The minimum atomic E-state index is 1.18. The molecule has 0 fully saturated rings. The van der Waals surface area contributed by atoms with E-state index in [4.69, 9.17) is 0 Å². The molecule has 0 aliphatic carbocycles. The number of nitrogens with zero attached hydrogens (tertiary/aromatic N) is 2. The molecule has 0 atom stereocenters. The van der Waals surface area contributed by atoms with Gasteiger partial charge < -0.3 is 9.13 Å². The molecule has 7 aromatic rings. The second-order valence-electron chi connectivity index (χ2n) is 10.7. The Morgan fingerprint density at radius 3 is 1.14 bits per heavy atom. The van der Waals surface area contributed by atoms with E-state index < -0.39 is 0 Å². The van der Waals surface area contributed by atoms with E-state index in [0.29, 0.717) is 0 Å². The average Bonchev–Trinajstić information content (AvgIpc) is 3.50. The third-order valence-electron chi connectivity index (χ3n) is 8.21. The molecule has 0 unspecified atom stereocenters. The van der Waals surface area contributed by atoms with Crippen molar-refractivity contribution >= 4 is 46.1 Å². The van der Waals surface area contributed by atoms with E-state index in [-0.39, 0.29) is 0 Å². The maximum Gasteiger partial charge on any atom is 0.0562 e. The molecule has 0 aliphatic rings. The summed E-state index contributed by atoms with van der Waals surface area (Å²) in [5.74, 6) is 0. The number of para-hydroxylation sites is 2. The van der Waals surface area contributed by atoms with Gasteiger partial charge in [0.1, 0.15) is 0 Å². The molecular weight excluding hydrogens is 508 g/mol. The SMILES string of the molecule is Cn1c(-c2ccccc2)c(C=Cc2ccc(C=Cc3c(-c4ccccc4)n(C)c4ccccc34)cc2)c2ccccc21. The maximum atomic E-state index is 2.30. The molecule has 0 N–H and O–H groups in total. The van der Waals surface area contributed by atoms with Crippen molar-refractivity contribution in [2.45, 2.75) is 0 Å². The Morgan fingerprint density at radius 2 is 0.738 bits per heavy atom. The summed E-state index contributed by atoms with van der Waals surface area (Å²) in [6.45, 7) is 0. The number of rotatable bonds is 6. The van der Waals surface area contributed by atoms with Crippen LogP contribution in [0.1, 0.15) is 22.3 Å². The highest BCUT2D eigenvalue weighted by Gasteiger charge is 2.15. The van der Waals surface area contributed by atoms with Crippen molar-refractivity contribution in [3.8, 4) is 22.5 Å². The molecule has 7 rings (SSSR count). The Kier molecular flexibility index (Phi) is 6.65. The van der Waals surface area contributed by atoms with Crippen LogP contribution < -0.4 is 0 Å². The Bertz CT molecular complexity index is 1920. The van der Waals surface area contributed by atoms with Crippen LogP contribution in [0.2, 0.25) is 0 Å². The number of benzene rings is 5. The molecule has 0 saturated carbocycles. The lowest BCUT2D eigenvalue weighted by molar-refractivity contribution is 0.977. The second kappa shape index (κ2) is 10.9. The van der Waals surface area contributed by atoms with Crippen molar-refractivity contribution < 1.29 is 0 Å². The van der Waals surface area contributed by atoms with Crippen LogP contribution in [0.15, 0.2) is 133 Å². The monoisotopic (exact) mass is 540 g/mol. The molecule has 2 nitrogen and oxygen atoms in total. The first-order chi connectivity index (χ1) is 20.7. The summed E-state index contributed by atoms with van der Waals surface area (Å²) in [6, 6.07) is 47.4. The summed E-state index contributed by atoms with van der Waals surface area (Å²) < 4.78 is 4.60. The van der Waals surface area contributed by atoms with E-state index in [2.05, 4.69) is 181 Å². The van der Waals surface area contributed by atoms with Crippen molar-refractivity contribution in [2.24, 2.45) is 14.1 Å². The van der Waals surface area contributed by atoms with Crippen LogP contribution in [-0.2, 0) is 14.1 Å². The third-order valence-corrected chi connectivity index (χ3v) is 8.21. The van der Waals surface area contributed by atoms with Gasteiger partial charge in [0.2, 0.25) is 0 Å². The standard InChI is InChI=1S/C40H32N2/c1-41-37-19-11-9-17-33(37)35(39(41)31-13-5-3-6-14-31)27-25-29-21-23-30(24-22-29)26-28-36-34-18-10-12-20-38(34)42(2)40(36)32-15-7-4-8-16-32/h3-28H,1-2H3. The number of aryl methyl sites for hydroxylation is 2. The number of hydrogen-bond acceptors (Lipinski definition) is 0. The lowest BCUT2D eigenvalue weighted by atomic mass is 10.0. The normalized spacial score (nSPS) is 11.9. The van der Waals surface area contributed by atoms with E-state index in [0.717, 1.165) is 0 Å². The van der Waals surface area contributed by atoms with E-state index in [9.17, 15) is 0 Å². The van der Waals surface area contributed by atoms with E-state index >= 15 is 0 Å². The van der Waals surface area contributed by atoms with Gasteiger partial charge in [-0.05, 0) is 34.4 Å². The van der Waals surface area contributed by atoms with Crippen LogP contribution in [0.5, 0.6) is 0 Å². The van der Waals surface area contributed by atoms with Gasteiger partial charge in [-0.2, -0.15) is 0 Å². The van der Waals surface area contributed by atoms with Crippen molar-refractivity contribution in [1.29, 1.82) is 0 Å². The highest BCUT2D eigenvalue weighted by molar-refractivity contribution is 6.01. The topological polar surface area (TPSA) is 9.86 Å². The molecule has 202 valence electrons. The minimum absolute atomic E-state index is 1.18. The van der Waals surface area contributed by atoms with Gasteiger partial charge in [0, 0.05) is 47.0 Å². The van der Waals surface area contributed by atoms with Crippen LogP contribution in [0.4, 0.5) is 0 Å². The van der Waals surface area contributed by atoms with Crippen LogP contribution in [-0.4, -0.2) is 9.13 Å². The van der Waals surface area contributed by atoms with Gasteiger partial charge >= 0.3 is 0 Å². The van der Waals surface area contributed by atoms with Gasteiger partial charge in [-0.15, -0.1) is 0 Å². The van der Waals surface area contributed by atoms with Crippen molar-refractivity contribution in [1.82, 2.24) is 9.13 Å². The largest absolute Gasteiger partial charge is 0.343 e. The molecule has 2 aromatic heterocycles. The van der Waals surface area contributed by atoms with E-state index in [1.165, 1.54) is 66.6 Å². The van der Waals surface area contributed by atoms with Crippen LogP contribution in [0.3, 0.4) is 0 Å². The van der Waals surface area contributed by atoms with Gasteiger partial charge in [-0.25, -0.2) is 0 Å². The lowest BCUT2D eigenvalue weighted by Crippen LogP contribution is -1.92. The smallest absolute Gasteiger partial charge is 0.0562 e. The fourth-order valence-corrected chi connectivity index (χ4v) is 6.15. The zero-order valence-corrected chi connectivity index (χ0v) is 23.9. The van der Waals surface area contributed by atoms with Crippen molar-refractivity contribution in [2.75, 3.05) is 0 Å². The van der Waals surface area contributed by atoms with E-state index in [1.54, 1.807) is 0 Å². The maximum absolute atomic E-state index is 2.30. The number of aromatic nitrogens is 2.